The molecule has 3 rings (SSSR count). The molecule has 0 saturated carbocycles. The monoisotopic (exact) mass is 213 g/mol. The summed E-state index contributed by atoms with van der Waals surface area (Å²) >= 11 is 0. The van der Waals surface area contributed by atoms with E-state index in [1.165, 1.54) is 30.6 Å². The van der Waals surface area contributed by atoms with Gasteiger partial charge in [0.05, 0.1) is 0 Å². The lowest BCUT2D eigenvalue weighted by Gasteiger charge is -2.39. The van der Waals surface area contributed by atoms with Crippen molar-refractivity contribution in [2.45, 2.75) is 19.3 Å². The van der Waals surface area contributed by atoms with Crippen molar-refractivity contribution in [1.29, 1.82) is 0 Å². The van der Waals surface area contributed by atoms with Gasteiger partial charge < -0.3 is 4.90 Å². The number of allylic oxidation sites excluding steroid dienone is 1. The topological polar surface area (TPSA) is 3.24 Å². The summed E-state index contributed by atoms with van der Waals surface area (Å²) < 4.78 is 0. The van der Waals surface area contributed by atoms with Crippen LogP contribution in [0.2, 0.25) is 0 Å². The average Bonchev–Trinajstić information content (AvgIpc) is 2.29. The summed E-state index contributed by atoms with van der Waals surface area (Å²) in [5.41, 5.74) is 4.53. The molecule has 84 valence electrons. The van der Waals surface area contributed by atoms with E-state index in [1.54, 1.807) is 5.56 Å². The van der Waals surface area contributed by atoms with E-state index in [9.17, 15) is 0 Å². The fourth-order valence-electron chi connectivity index (χ4n) is 3.30. The van der Waals surface area contributed by atoms with Crippen molar-refractivity contribution in [3.8, 4) is 0 Å². The van der Waals surface area contributed by atoms with Crippen LogP contribution in [0.4, 0.5) is 0 Å². The van der Waals surface area contributed by atoms with Gasteiger partial charge in [0.2, 0.25) is 0 Å². The molecule has 1 heteroatoms. The summed E-state index contributed by atoms with van der Waals surface area (Å²) in [5.74, 6) is 1.49. The molecule has 1 nitrogen and oxygen atoms in total. The molecule has 1 aromatic rings. The zero-order valence-corrected chi connectivity index (χ0v) is 10.1. The Bertz CT molecular complexity index is 433. The number of likely N-dealkylation sites (tertiary alicyclic amines) is 1. The van der Waals surface area contributed by atoms with Gasteiger partial charge in [0.1, 0.15) is 0 Å². The third-order valence-electron chi connectivity index (χ3n) is 4.11. The normalized spacial score (nSPS) is 29.2. The van der Waals surface area contributed by atoms with Gasteiger partial charge in [-0.05, 0) is 55.5 Å². The maximum atomic E-state index is 2.49. The largest absolute Gasteiger partial charge is 0.306 e. The average molecular weight is 213 g/mol. The number of piperidine rings is 1. The SMILES string of the molecule is CC1=C[C@@H]2CN(C)CC[C@H]2c2ccccc21. The number of rotatable bonds is 0. The molecule has 1 aromatic carbocycles. The van der Waals surface area contributed by atoms with Crippen molar-refractivity contribution < 1.29 is 0 Å². The standard InChI is InChI=1S/C15H19N/c1-11-9-12-10-16(2)8-7-14(12)15-6-4-3-5-13(11)15/h3-6,9,12,14H,7-8,10H2,1-2H3/t12-,14-/m1/s1. The quantitative estimate of drug-likeness (QED) is 0.640. The molecule has 0 aromatic heterocycles. The molecule has 1 aliphatic heterocycles. The molecule has 0 amide bonds. The third kappa shape index (κ3) is 1.51. The summed E-state index contributed by atoms with van der Waals surface area (Å²) in [6.07, 6.45) is 3.80. The first-order valence-electron chi connectivity index (χ1n) is 6.22. The number of nitrogens with zero attached hydrogens (tertiary/aromatic N) is 1. The summed E-state index contributed by atoms with van der Waals surface area (Å²) in [7, 11) is 2.24. The molecule has 2 atom stereocenters. The predicted octanol–water partition coefficient (Wildman–Crippen LogP) is 3.14. The number of benzene rings is 1. The minimum atomic E-state index is 0.730. The molecular formula is C15H19N. The molecule has 1 fully saturated rings. The molecule has 0 unspecified atom stereocenters. The second-order valence-electron chi connectivity index (χ2n) is 5.26. The van der Waals surface area contributed by atoms with Crippen LogP contribution in [0.3, 0.4) is 0 Å². The Morgan fingerprint density at radius 3 is 2.94 bits per heavy atom. The first kappa shape index (κ1) is 10.1. The molecule has 1 aliphatic carbocycles. The van der Waals surface area contributed by atoms with Crippen LogP contribution in [0.1, 0.15) is 30.4 Å². The number of fused-ring (bicyclic) bond motifs is 3. The van der Waals surface area contributed by atoms with Gasteiger partial charge in [-0.15, -0.1) is 0 Å². The van der Waals surface area contributed by atoms with Crippen LogP contribution < -0.4 is 0 Å². The summed E-state index contributed by atoms with van der Waals surface area (Å²) in [5, 5.41) is 0. The molecule has 2 aliphatic rings. The van der Waals surface area contributed by atoms with Gasteiger partial charge in [-0.1, -0.05) is 30.3 Å². The molecule has 1 heterocycles. The third-order valence-corrected chi connectivity index (χ3v) is 4.11. The van der Waals surface area contributed by atoms with Crippen molar-refractivity contribution in [3.63, 3.8) is 0 Å². The Hall–Kier alpha value is -1.08. The second-order valence-corrected chi connectivity index (χ2v) is 5.26. The van der Waals surface area contributed by atoms with Gasteiger partial charge in [0, 0.05) is 6.54 Å². The van der Waals surface area contributed by atoms with Crippen LogP contribution in [-0.2, 0) is 0 Å². The molecular weight excluding hydrogens is 194 g/mol. The van der Waals surface area contributed by atoms with E-state index in [1.807, 2.05) is 0 Å². The maximum absolute atomic E-state index is 2.49. The molecule has 0 radical (unpaired) electrons. The lowest BCUT2D eigenvalue weighted by molar-refractivity contribution is 0.211. The Labute approximate surface area is 97.8 Å². The van der Waals surface area contributed by atoms with E-state index >= 15 is 0 Å². The number of hydrogen-bond acceptors (Lipinski definition) is 1. The van der Waals surface area contributed by atoms with E-state index in [0.717, 1.165) is 11.8 Å². The smallest absolute Gasteiger partial charge is 0.00474 e. The minimum Gasteiger partial charge on any atom is -0.306 e. The van der Waals surface area contributed by atoms with Gasteiger partial charge in [0.25, 0.3) is 0 Å². The summed E-state index contributed by atoms with van der Waals surface area (Å²) in [6, 6.07) is 8.95. The lowest BCUT2D eigenvalue weighted by atomic mass is 9.73. The van der Waals surface area contributed by atoms with Crippen molar-refractivity contribution in [2.75, 3.05) is 20.1 Å². The Morgan fingerprint density at radius 1 is 1.25 bits per heavy atom. The van der Waals surface area contributed by atoms with E-state index in [-0.39, 0.29) is 0 Å². The molecule has 0 N–H and O–H groups in total. The molecule has 1 saturated heterocycles. The minimum absolute atomic E-state index is 0.730. The van der Waals surface area contributed by atoms with Crippen LogP contribution in [0.5, 0.6) is 0 Å². The van der Waals surface area contributed by atoms with E-state index in [2.05, 4.69) is 49.2 Å². The van der Waals surface area contributed by atoms with Crippen molar-refractivity contribution in [2.24, 2.45) is 5.92 Å². The fourth-order valence-corrected chi connectivity index (χ4v) is 3.30. The van der Waals surface area contributed by atoms with E-state index in [4.69, 9.17) is 0 Å². The Balaban J connectivity index is 2.05. The van der Waals surface area contributed by atoms with Gasteiger partial charge in [-0.2, -0.15) is 0 Å². The zero-order valence-electron chi connectivity index (χ0n) is 10.1. The van der Waals surface area contributed by atoms with Crippen LogP contribution in [-0.4, -0.2) is 25.0 Å². The van der Waals surface area contributed by atoms with Crippen molar-refractivity contribution in [3.05, 3.63) is 41.5 Å². The Kier molecular flexibility index (Phi) is 2.36. The Morgan fingerprint density at radius 2 is 2.06 bits per heavy atom. The van der Waals surface area contributed by atoms with Gasteiger partial charge >= 0.3 is 0 Å². The summed E-state index contributed by atoms with van der Waals surface area (Å²) in [4.78, 5) is 2.46. The van der Waals surface area contributed by atoms with Gasteiger partial charge in [-0.25, -0.2) is 0 Å². The van der Waals surface area contributed by atoms with Gasteiger partial charge in [-0.3, -0.25) is 0 Å². The van der Waals surface area contributed by atoms with E-state index < -0.39 is 0 Å². The number of hydrogen-bond donors (Lipinski definition) is 0. The van der Waals surface area contributed by atoms with Crippen LogP contribution in [0.25, 0.3) is 5.57 Å². The van der Waals surface area contributed by atoms with Crippen molar-refractivity contribution in [1.82, 2.24) is 4.90 Å². The highest BCUT2D eigenvalue weighted by Gasteiger charge is 2.31. The maximum Gasteiger partial charge on any atom is 0.00474 e. The van der Waals surface area contributed by atoms with Crippen LogP contribution in [0.15, 0.2) is 30.3 Å². The van der Waals surface area contributed by atoms with Crippen LogP contribution >= 0.6 is 0 Å². The first-order chi connectivity index (χ1) is 7.75. The molecule has 16 heavy (non-hydrogen) atoms. The zero-order chi connectivity index (χ0) is 11.1. The molecule has 0 spiro atoms. The molecule has 0 bridgehead atoms. The predicted molar refractivity (Wildman–Crippen MR) is 68.4 cm³/mol. The highest BCUT2D eigenvalue weighted by atomic mass is 15.1. The highest BCUT2D eigenvalue weighted by molar-refractivity contribution is 5.70. The van der Waals surface area contributed by atoms with E-state index in [0.29, 0.717) is 0 Å². The lowest BCUT2D eigenvalue weighted by Crippen LogP contribution is -2.37. The van der Waals surface area contributed by atoms with Gasteiger partial charge in [0.15, 0.2) is 0 Å². The highest BCUT2D eigenvalue weighted by Crippen LogP contribution is 2.42. The van der Waals surface area contributed by atoms with Crippen LogP contribution in [0, 0.1) is 5.92 Å². The first-order valence-corrected chi connectivity index (χ1v) is 6.22. The fraction of sp³-hybridized carbons (Fsp3) is 0.467. The van der Waals surface area contributed by atoms with Crippen molar-refractivity contribution >= 4 is 5.57 Å². The summed E-state index contributed by atoms with van der Waals surface area (Å²) in [6.45, 7) is 4.71. The second kappa shape index (κ2) is 3.74.